The van der Waals surface area contributed by atoms with Crippen LogP contribution >= 0.6 is 0 Å². The minimum Gasteiger partial charge on any atom is -1.00 e. The fourth-order valence-electron chi connectivity index (χ4n) is 9.67. The number of piperidine rings is 2. The highest BCUT2D eigenvalue weighted by molar-refractivity contribution is 5.78. The highest BCUT2D eigenvalue weighted by Crippen LogP contribution is 2.46. The number of quaternary nitrogens is 2. The molecular weight excluding hydrogens is 828 g/mol. The first-order valence-electron chi connectivity index (χ1n) is 18.6. The number of rotatable bonds is 13. The first kappa shape index (κ1) is 43.5. The van der Waals surface area contributed by atoms with Crippen molar-refractivity contribution in [3.63, 3.8) is 0 Å². The minimum absolute atomic E-state index is 0. The molecule has 0 N–H and O–H groups in total. The lowest BCUT2D eigenvalue weighted by molar-refractivity contribution is -0.961. The van der Waals surface area contributed by atoms with E-state index in [0.717, 1.165) is 84.5 Å². The standard InChI is InChI=1S/C40H54N2O10.2BrH/c1-25(43)49-35-13-7-27(17-37(35)47-5)23-41(3)29-9-10-30(41)20-33(19-29)51-39(45)15-16-40(46)52-34-21-31-11-12-32(22-34)42(31,4)24-28-8-14-36(50-26(2)44)38(18-28)48-6;;/h7-8,13-14,17-18,29-34H,9-12,15-16,19-24H2,1-6H3;2*1H/q+2;;/p-2/t29-,30+,31-,32+,33?,34?,41?,42?;;. The third-order valence-electron chi connectivity index (χ3n) is 12.3. The van der Waals surface area contributed by atoms with Gasteiger partial charge in [-0.1, -0.05) is 0 Å². The number of halogens is 2. The Morgan fingerprint density at radius 3 is 1.20 bits per heavy atom. The Balaban J connectivity index is 0.00000325. The van der Waals surface area contributed by atoms with Gasteiger partial charge in [0.1, 0.15) is 25.3 Å². The van der Waals surface area contributed by atoms with Gasteiger partial charge in [-0.15, -0.1) is 0 Å². The smallest absolute Gasteiger partial charge is 0.308 e. The van der Waals surface area contributed by atoms with Gasteiger partial charge in [0.2, 0.25) is 0 Å². The molecule has 54 heavy (non-hydrogen) atoms. The van der Waals surface area contributed by atoms with Crippen molar-refractivity contribution in [2.75, 3.05) is 28.3 Å². The van der Waals surface area contributed by atoms with Crippen molar-refractivity contribution < 1.29 is 90.5 Å². The molecular formula is C40H54Br2N2O10. The lowest BCUT2D eigenvalue weighted by atomic mass is 9.95. The fraction of sp³-hybridized carbons (Fsp3) is 0.600. The van der Waals surface area contributed by atoms with Gasteiger partial charge in [0.15, 0.2) is 23.0 Å². The maximum Gasteiger partial charge on any atom is 0.308 e. The molecule has 14 heteroatoms. The number of hydrogen-bond acceptors (Lipinski definition) is 10. The number of fused-ring (bicyclic) bond motifs is 4. The van der Waals surface area contributed by atoms with Crippen molar-refractivity contribution >= 4 is 23.9 Å². The normalized spacial score (nSPS) is 29.1. The van der Waals surface area contributed by atoms with E-state index in [0.29, 0.717) is 47.2 Å². The van der Waals surface area contributed by atoms with Crippen LogP contribution < -0.4 is 52.9 Å². The maximum absolute atomic E-state index is 12.9. The Morgan fingerprint density at radius 2 is 0.907 bits per heavy atom. The van der Waals surface area contributed by atoms with E-state index in [2.05, 4.69) is 14.1 Å². The quantitative estimate of drug-likeness (QED) is 0.147. The number of methoxy groups -OCH3 is 2. The monoisotopic (exact) mass is 880 g/mol. The Morgan fingerprint density at radius 1 is 0.574 bits per heavy atom. The van der Waals surface area contributed by atoms with Crippen LogP contribution in [0.5, 0.6) is 23.0 Å². The maximum atomic E-state index is 12.9. The summed E-state index contributed by atoms with van der Waals surface area (Å²) in [5, 5.41) is 0. The topological polar surface area (TPSA) is 124 Å². The number of carbonyl (C=O) groups excluding carboxylic acids is 4. The van der Waals surface area contributed by atoms with E-state index in [1.165, 1.54) is 13.8 Å². The Hall–Kier alpha value is -3.20. The van der Waals surface area contributed by atoms with Gasteiger partial charge in [-0.25, -0.2) is 0 Å². The summed E-state index contributed by atoms with van der Waals surface area (Å²) in [6.07, 6.45) is 7.16. The van der Waals surface area contributed by atoms with Crippen LogP contribution in [0.15, 0.2) is 36.4 Å². The predicted octanol–water partition coefficient (Wildman–Crippen LogP) is -0.591. The summed E-state index contributed by atoms with van der Waals surface area (Å²) in [7, 11) is 7.70. The molecule has 0 saturated carbocycles. The molecule has 0 radical (unpaired) electrons. The van der Waals surface area contributed by atoms with Crippen LogP contribution in [0.4, 0.5) is 0 Å². The molecule has 12 nitrogen and oxygen atoms in total. The Bertz CT molecular complexity index is 1540. The van der Waals surface area contributed by atoms with Crippen LogP contribution in [0.1, 0.15) is 89.2 Å². The fourth-order valence-corrected chi connectivity index (χ4v) is 9.67. The summed E-state index contributed by atoms with van der Waals surface area (Å²) < 4.78 is 35.2. The summed E-state index contributed by atoms with van der Waals surface area (Å²) in [5.74, 6) is 0.416. The molecule has 2 aromatic rings. The van der Waals surface area contributed by atoms with E-state index in [-0.39, 0.29) is 71.0 Å². The molecule has 0 aliphatic carbocycles. The molecule has 4 bridgehead atoms. The second-order valence-corrected chi connectivity index (χ2v) is 15.6. The lowest BCUT2D eigenvalue weighted by Crippen LogP contribution is -3.00. The molecule has 4 fully saturated rings. The molecule has 2 aromatic carbocycles. The van der Waals surface area contributed by atoms with E-state index in [1.54, 1.807) is 26.4 Å². The van der Waals surface area contributed by atoms with E-state index in [1.807, 2.05) is 24.3 Å². The van der Waals surface area contributed by atoms with Gasteiger partial charge in [-0.2, -0.15) is 0 Å². The number of hydrogen-bond donors (Lipinski definition) is 0. The largest absolute Gasteiger partial charge is 1.00 e. The first-order chi connectivity index (χ1) is 24.8. The second kappa shape index (κ2) is 18.2. The third-order valence-corrected chi connectivity index (χ3v) is 12.3. The van der Waals surface area contributed by atoms with Crippen molar-refractivity contribution in [3.05, 3.63) is 47.5 Å². The summed E-state index contributed by atoms with van der Waals surface area (Å²) in [5.41, 5.74) is 2.20. The average Bonchev–Trinajstić information content (AvgIpc) is 3.32. The molecule has 4 aliphatic heterocycles. The van der Waals surface area contributed by atoms with Crippen molar-refractivity contribution in [3.8, 4) is 23.0 Å². The average molecular weight is 883 g/mol. The van der Waals surface area contributed by atoms with Gasteiger partial charge in [-0.05, 0) is 36.4 Å². The zero-order valence-electron chi connectivity index (χ0n) is 32.1. The molecule has 4 heterocycles. The van der Waals surface area contributed by atoms with Crippen molar-refractivity contribution in [1.82, 2.24) is 0 Å². The first-order valence-corrected chi connectivity index (χ1v) is 18.6. The molecule has 4 aliphatic rings. The number of nitrogens with zero attached hydrogens (tertiary/aromatic N) is 2. The highest BCUT2D eigenvalue weighted by Gasteiger charge is 2.53. The molecule has 4 unspecified atom stereocenters. The zero-order chi connectivity index (χ0) is 37.2. The van der Waals surface area contributed by atoms with Gasteiger partial charge in [0.25, 0.3) is 0 Å². The molecule has 8 atom stereocenters. The van der Waals surface area contributed by atoms with E-state index < -0.39 is 11.9 Å². The zero-order valence-corrected chi connectivity index (χ0v) is 35.3. The highest BCUT2D eigenvalue weighted by atomic mass is 79.9. The van der Waals surface area contributed by atoms with Gasteiger partial charge >= 0.3 is 23.9 Å². The van der Waals surface area contributed by atoms with Crippen LogP contribution in [-0.2, 0) is 41.7 Å². The van der Waals surface area contributed by atoms with Crippen molar-refractivity contribution in [2.24, 2.45) is 0 Å². The second-order valence-electron chi connectivity index (χ2n) is 15.6. The van der Waals surface area contributed by atoms with Crippen LogP contribution in [0, 0.1) is 0 Å². The summed E-state index contributed by atoms with van der Waals surface area (Å²) in [6.45, 7) is 4.35. The third kappa shape index (κ3) is 9.59. The molecule has 0 spiro atoms. The van der Waals surface area contributed by atoms with E-state index in [4.69, 9.17) is 28.4 Å². The molecule has 0 aromatic heterocycles. The predicted molar refractivity (Wildman–Crippen MR) is 189 cm³/mol. The van der Waals surface area contributed by atoms with Crippen LogP contribution in [-0.4, -0.2) is 97.5 Å². The van der Waals surface area contributed by atoms with Crippen LogP contribution in [0.2, 0.25) is 0 Å². The lowest BCUT2D eigenvalue weighted by Gasteiger charge is -2.47. The number of benzene rings is 2. The Kier molecular flexibility index (Phi) is 14.6. The Labute approximate surface area is 339 Å². The van der Waals surface area contributed by atoms with Crippen LogP contribution in [0.3, 0.4) is 0 Å². The molecule has 4 saturated heterocycles. The van der Waals surface area contributed by atoms with Gasteiger partial charge in [0, 0.05) is 76.3 Å². The molecule has 0 amide bonds. The van der Waals surface area contributed by atoms with Gasteiger partial charge in [-0.3, -0.25) is 19.2 Å². The SMILES string of the molecule is COc1cc(C[N+]2(C)[C@@H]3CC[C@H]2CC(OC(=O)CCC(=O)OC2C[C@H]4CC[C@@H](C2)[N+]4(C)Cc2ccc(OC(C)=O)c(OC)c2)C3)ccc1OC(C)=O.[Br-].[Br-]. The number of esters is 4. The summed E-state index contributed by atoms with van der Waals surface area (Å²) in [6, 6.07) is 12.8. The molecule has 298 valence electrons. The minimum atomic E-state index is -0.392. The van der Waals surface area contributed by atoms with E-state index in [9.17, 15) is 19.2 Å². The molecule has 6 rings (SSSR count). The van der Waals surface area contributed by atoms with Crippen LogP contribution in [0.25, 0.3) is 0 Å². The summed E-state index contributed by atoms with van der Waals surface area (Å²) >= 11 is 0. The number of ether oxygens (including phenoxy) is 6. The number of carbonyl (C=O) groups is 4. The summed E-state index contributed by atoms with van der Waals surface area (Å²) in [4.78, 5) is 48.8. The van der Waals surface area contributed by atoms with Gasteiger partial charge < -0.3 is 71.4 Å². The van der Waals surface area contributed by atoms with Crippen molar-refractivity contribution in [2.45, 2.75) is 128 Å². The van der Waals surface area contributed by atoms with E-state index >= 15 is 0 Å². The van der Waals surface area contributed by atoms with Gasteiger partial charge in [0.05, 0.1) is 65.3 Å². The van der Waals surface area contributed by atoms with Crippen molar-refractivity contribution in [1.29, 1.82) is 0 Å².